The van der Waals surface area contributed by atoms with Crippen molar-refractivity contribution in [1.29, 1.82) is 0 Å². The maximum absolute atomic E-state index is 12.4. The first-order valence-corrected chi connectivity index (χ1v) is 11.2. The van der Waals surface area contributed by atoms with Crippen LogP contribution in [-0.4, -0.2) is 18.0 Å². The molecule has 2 N–H and O–H groups in total. The molecule has 1 unspecified atom stereocenters. The van der Waals surface area contributed by atoms with Crippen LogP contribution in [-0.2, 0) is 14.3 Å². The van der Waals surface area contributed by atoms with Gasteiger partial charge in [-0.3, -0.25) is 9.59 Å². The van der Waals surface area contributed by atoms with Crippen molar-refractivity contribution in [1.82, 2.24) is 0 Å². The summed E-state index contributed by atoms with van der Waals surface area (Å²) in [6, 6.07) is 0. The van der Waals surface area contributed by atoms with E-state index in [1.165, 1.54) is 32.1 Å². The lowest BCUT2D eigenvalue weighted by Crippen LogP contribution is -2.37. The second kappa shape index (κ2) is 17.5. The third-order valence-electron chi connectivity index (χ3n) is 5.06. The second-order valence-electron chi connectivity index (χ2n) is 8.04. The third-order valence-corrected chi connectivity index (χ3v) is 5.06. The maximum atomic E-state index is 12.4. The van der Waals surface area contributed by atoms with E-state index in [2.05, 4.69) is 19.6 Å². The molecule has 0 aliphatic carbocycles. The van der Waals surface area contributed by atoms with Gasteiger partial charge < -0.3 is 10.5 Å². The molecule has 0 heterocycles. The topological polar surface area (TPSA) is 69.4 Å². The van der Waals surface area contributed by atoms with E-state index in [-0.39, 0.29) is 12.0 Å². The molecule has 0 aromatic carbocycles. The van der Waals surface area contributed by atoms with Gasteiger partial charge in [-0.1, -0.05) is 84.1 Å². The van der Waals surface area contributed by atoms with Gasteiger partial charge in [0.1, 0.15) is 12.0 Å². The highest BCUT2D eigenvalue weighted by molar-refractivity contribution is 5.97. The average molecular weight is 394 g/mol. The molecule has 0 aliphatic heterocycles. The van der Waals surface area contributed by atoms with Crippen molar-refractivity contribution in [2.24, 2.45) is 17.6 Å². The minimum absolute atomic E-state index is 0.0968. The van der Waals surface area contributed by atoms with Crippen LogP contribution in [0, 0.1) is 11.8 Å². The summed E-state index contributed by atoms with van der Waals surface area (Å²) < 4.78 is 5.73. The van der Waals surface area contributed by atoms with E-state index < -0.39 is 17.8 Å². The summed E-state index contributed by atoms with van der Waals surface area (Å²) in [6.45, 7) is 9.52. The molecule has 2 atom stereocenters. The van der Waals surface area contributed by atoms with E-state index in [0.29, 0.717) is 0 Å². The number of esters is 1. The summed E-state index contributed by atoms with van der Waals surface area (Å²) in [5, 5.41) is 0. The molecule has 162 valence electrons. The minimum Gasteiger partial charge on any atom is -0.462 e. The molecule has 0 radical (unpaired) electrons. The number of nitrogens with two attached hydrogens (primary N) is 1. The zero-order valence-electron chi connectivity index (χ0n) is 18.5. The number of amides is 1. The molecule has 0 aliphatic rings. The number of unbranched alkanes of at least 4 members (excludes halogenated alkanes) is 8. The van der Waals surface area contributed by atoms with Crippen molar-refractivity contribution < 1.29 is 14.3 Å². The summed E-state index contributed by atoms with van der Waals surface area (Å²) in [5.41, 5.74) is 5.40. The van der Waals surface area contributed by atoms with Crippen molar-refractivity contribution in [2.75, 3.05) is 0 Å². The van der Waals surface area contributed by atoms with Crippen molar-refractivity contribution in [3.8, 4) is 0 Å². The van der Waals surface area contributed by atoms with Crippen LogP contribution in [0.3, 0.4) is 0 Å². The van der Waals surface area contributed by atoms with Crippen molar-refractivity contribution in [2.45, 2.75) is 104 Å². The molecular formula is C24H43NO3. The minimum atomic E-state index is -0.846. The molecular weight excluding hydrogens is 350 g/mol. The Morgan fingerprint density at radius 1 is 0.964 bits per heavy atom. The standard InChI is InChI=1S/C24H43NO3/c1-5-7-9-11-12-13-14-15-17-19-21(18-16-10-8-6-2)28-24(27)22(20(3)4)23(25)26/h5,7,9,20-22H,1,6,8,10-19H2,2-4H3,(H2,25,26)/t21?,22-/m0/s1. The van der Waals surface area contributed by atoms with E-state index in [9.17, 15) is 9.59 Å². The Bertz CT molecular complexity index is 457. The van der Waals surface area contributed by atoms with Gasteiger partial charge in [-0.15, -0.1) is 0 Å². The first kappa shape index (κ1) is 26.4. The summed E-state index contributed by atoms with van der Waals surface area (Å²) in [4.78, 5) is 24.1. The van der Waals surface area contributed by atoms with Gasteiger partial charge in [-0.2, -0.15) is 0 Å². The summed E-state index contributed by atoms with van der Waals surface area (Å²) in [6.07, 6.45) is 19.2. The highest BCUT2D eigenvalue weighted by Crippen LogP contribution is 2.20. The molecule has 28 heavy (non-hydrogen) atoms. The number of primary amides is 1. The molecule has 0 spiro atoms. The summed E-state index contributed by atoms with van der Waals surface area (Å²) in [5.74, 6) is -2.02. The predicted octanol–water partition coefficient (Wildman–Crippen LogP) is 6.10. The van der Waals surface area contributed by atoms with E-state index in [0.717, 1.165) is 44.9 Å². The predicted molar refractivity (Wildman–Crippen MR) is 118 cm³/mol. The molecule has 0 aromatic rings. The van der Waals surface area contributed by atoms with Crippen LogP contribution in [0.1, 0.15) is 97.8 Å². The number of rotatable bonds is 18. The zero-order valence-corrected chi connectivity index (χ0v) is 18.5. The summed E-state index contributed by atoms with van der Waals surface area (Å²) in [7, 11) is 0. The van der Waals surface area contributed by atoms with Gasteiger partial charge in [-0.05, 0) is 44.4 Å². The number of carbonyl (C=O) groups is 2. The first-order valence-electron chi connectivity index (χ1n) is 11.2. The van der Waals surface area contributed by atoms with Crippen LogP contribution >= 0.6 is 0 Å². The van der Waals surface area contributed by atoms with Crippen LogP contribution in [0.25, 0.3) is 0 Å². The highest BCUT2D eigenvalue weighted by Gasteiger charge is 2.31. The fourth-order valence-corrected chi connectivity index (χ4v) is 3.37. The van der Waals surface area contributed by atoms with Gasteiger partial charge in [0, 0.05) is 0 Å². The Morgan fingerprint density at radius 3 is 2.07 bits per heavy atom. The summed E-state index contributed by atoms with van der Waals surface area (Å²) >= 11 is 0. The van der Waals surface area contributed by atoms with Crippen molar-refractivity contribution in [3.63, 3.8) is 0 Å². The van der Waals surface area contributed by atoms with E-state index in [1.54, 1.807) is 0 Å². The Kier molecular flexibility index (Phi) is 16.5. The Morgan fingerprint density at radius 2 is 1.54 bits per heavy atom. The van der Waals surface area contributed by atoms with Gasteiger partial charge in [-0.25, -0.2) is 0 Å². The van der Waals surface area contributed by atoms with Gasteiger partial charge >= 0.3 is 5.97 Å². The Labute approximate surface area is 173 Å². The third kappa shape index (κ3) is 13.6. The molecule has 1 amide bonds. The number of hydrogen-bond donors (Lipinski definition) is 1. The Hall–Kier alpha value is -1.58. The van der Waals surface area contributed by atoms with Gasteiger partial charge in [0.25, 0.3) is 0 Å². The van der Waals surface area contributed by atoms with Crippen LogP contribution in [0.4, 0.5) is 0 Å². The average Bonchev–Trinajstić information content (AvgIpc) is 2.62. The second-order valence-corrected chi connectivity index (χ2v) is 8.04. The van der Waals surface area contributed by atoms with Crippen molar-refractivity contribution in [3.05, 3.63) is 24.8 Å². The van der Waals surface area contributed by atoms with Gasteiger partial charge in [0.05, 0.1) is 0 Å². The number of carbonyl (C=O) groups excluding carboxylic acids is 2. The van der Waals surface area contributed by atoms with E-state index >= 15 is 0 Å². The number of ether oxygens (including phenoxy) is 1. The van der Waals surface area contributed by atoms with E-state index in [1.807, 2.05) is 26.0 Å². The first-order chi connectivity index (χ1) is 13.4. The fraction of sp³-hybridized carbons (Fsp3) is 0.750. The monoisotopic (exact) mass is 393 g/mol. The molecule has 0 fully saturated rings. The smallest absolute Gasteiger partial charge is 0.319 e. The van der Waals surface area contributed by atoms with Crippen LogP contribution in [0.2, 0.25) is 0 Å². The van der Waals surface area contributed by atoms with Crippen LogP contribution in [0.15, 0.2) is 24.8 Å². The Balaban J connectivity index is 4.35. The normalized spacial score (nSPS) is 13.6. The molecule has 4 nitrogen and oxygen atoms in total. The SMILES string of the molecule is C=CC=CCCCCCCCC(CCCCCC)OC(=O)[C@H](C(N)=O)C(C)C. The van der Waals surface area contributed by atoms with Crippen molar-refractivity contribution >= 4 is 11.9 Å². The molecule has 0 aromatic heterocycles. The fourth-order valence-electron chi connectivity index (χ4n) is 3.37. The lowest BCUT2D eigenvalue weighted by Gasteiger charge is -2.22. The maximum Gasteiger partial charge on any atom is 0.319 e. The molecule has 0 saturated carbocycles. The largest absolute Gasteiger partial charge is 0.462 e. The van der Waals surface area contributed by atoms with Gasteiger partial charge in [0.2, 0.25) is 5.91 Å². The van der Waals surface area contributed by atoms with Crippen LogP contribution < -0.4 is 5.73 Å². The molecule has 0 rings (SSSR count). The zero-order chi connectivity index (χ0) is 21.2. The molecule has 4 heteroatoms. The van der Waals surface area contributed by atoms with E-state index in [4.69, 9.17) is 10.5 Å². The highest BCUT2D eigenvalue weighted by atomic mass is 16.5. The molecule has 0 bridgehead atoms. The number of allylic oxidation sites excluding steroid dienone is 3. The van der Waals surface area contributed by atoms with Crippen LogP contribution in [0.5, 0.6) is 0 Å². The lowest BCUT2D eigenvalue weighted by atomic mass is 9.95. The quantitative estimate of drug-likeness (QED) is 0.132. The lowest BCUT2D eigenvalue weighted by molar-refractivity contribution is -0.159. The van der Waals surface area contributed by atoms with Gasteiger partial charge in [0.15, 0.2) is 0 Å². The molecule has 0 saturated heterocycles. The number of hydrogen-bond acceptors (Lipinski definition) is 3.